The third-order valence-corrected chi connectivity index (χ3v) is 3.92. The molecule has 0 saturated heterocycles. The number of amides is 1. The van der Waals surface area contributed by atoms with Gasteiger partial charge in [-0.25, -0.2) is 12.8 Å². The van der Waals surface area contributed by atoms with Crippen molar-refractivity contribution in [2.45, 2.75) is 0 Å². The molecule has 3 N–H and O–H groups in total. The topological polar surface area (TPSA) is 91.1 Å². The number of hydrogen-bond acceptors (Lipinski definition) is 3. The SMILES string of the molecule is CS(=O)(=O)Nc1ccccc1NC(=O)c1cc2c(F)cccc2[nH]1. The second kappa shape index (κ2) is 5.97. The third kappa shape index (κ3) is 3.38. The highest BCUT2D eigenvalue weighted by Gasteiger charge is 2.14. The molecule has 3 aromatic rings. The fourth-order valence-corrected chi connectivity index (χ4v) is 2.89. The van der Waals surface area contributed by atoms with E-state index in [1.807, 2.05) is 0 Å². The number of fused-ring (bicyclic) bond motifs is 1. The van der Waals surface area contributed by atoms with Crippen LogP contribution in [0, 0.1) is 5.82 Å². The molecule has 1 heterocycles. The van der Waals surface area contributed by atoms with Crippen LogP contribution in [0.5, 0.6) is 0 Å². The van der Waals surface area contributed by atoms with Crippen molar-refractivity contribution >= 4 is 38.2 Å². The number of halogens is 1. The van der Waals surface area contributed by atoms with Crippen LogP contribution in [0.3, 0.4) is 0 Å². The van der Waals surface area contributed by atoms with E-state index in [0.717, 1.165) is 6.26 Å². The summed E-state index contributed by atoms with van der Waals surface area (Å²) < 4.78 is 38.8. The first-order valence-electron chi connectivity index (χ1n) is 6.99. The number of H-pyrrole nitrogens is 1. The lowest BCUT2D eigenvalue weighted by Crippen LogP contribution is -2.16. The van der Waals surface area contributed by atoms with Crippen LogP contribution in [0.1, 0.15) is 10.5 Å². The summed E-state index contributed by atoms with van der Waals surface area (Å²) in [5.74, 6) is -0.935. The number of aromatic amines is 1. The molecule has 0 radical (unpaired) electrons. The van der Waals surface area contributed by atoms with Gasteiger partial charge in [-0.1, -0.05) is 18.2 Å². The first kappa shape index (κ1) is 16.0. The van der Waals surface area contributed by atoms with E-state index in [9.17, 15) is 17.6 Å². The van der Waals surface area contributed by atoms with Crippen molar-refractivity contribution in [3.05, 3.63) is 60.0 Å². The van der Waals surface area contributed by atoms with E-state index in [0.29, 0.717) is 16.6 Å². The number of benzene rings is 2. The van der Waals surface area contributed by atoms with Crippen molar-refractivity contribution in [3.8, 4) is 0 Å². The maximum absolute atomic E-state index is 13.7. The maximum Gasteiger partial charge on any atom is 0.272 e. The smallest absolute Gasteiger partial charge is 0.272 e. The van der Waals surface area contributed by atoms with E-state index in [1.54, 1.807) is 30.3 Å². The minimum absolute atomic E-state index is 0.171. The zero-order valence-electron chi connectivity index (χ0n) is 12.6. The third-order valence-electron chi connectivity index (χ3n) is 3.33. The summed E-state index contributed by atoms with van der Waals surface area (Å²) in [5.41, 5.74) is 1.22. The summed E-state index contributed by atoms with van der Waals surface area (Å²) in [6, 6.07) is 12.3. The standard InChI is InChI=1S/C16H14FN3O3S/c1-24(22,23)20-14-7-3-2-6-13(14)19-16(21)15-9-10-11(17)5-4-8-12(10)18-15/h2-9,18,20H,1H3,(H,19,21). The van der Waals surface area contributed by atoms with Gasteiger partial charge in [-0.05, 0) is 30.3 Å². The van der Waals surface area contributed by atoms with Gasteiger partial charge < -0.3 is 10.3 Å². The van der Waals surface area contributed by atoms with Gasteiger partial charge in [-0.2, -0.15) is 0 Å². The first-order chi connectivity index (χ1) is 11.3. The van der Waals surface area contributed by atoms with Gasteiger partial charge in [-0.3, -0.25) is 9.52 Å². The lowest BCUT2D eigenvalue weighted by Gasteiger charge is -2.11. The van der Waals surface area contributed by atoms with E-state index >= 15 is 0 Å². The van der Waals surface area contributed by atoms with Crippen molar-refractivity contribution in [1.29, 1.82) is 0 Å². The molecule has 8 heteroatoms. The molecule has 2 aromatic carbocycles. The molecule has 0 aliphatic rings. The fourth-order valence-electron chi connectivity index (χ4n) is 2.31. The molecule has 0 bridgehead atoms. The Hall–Kier alpha value is -2.87. The molecule has 0 unspecified atom stereocenters. The summed E-state index contributed by atoms with van der Waals surface area (Å²) >= 11 is 0. The number of para-hydroxylation sites is 2. The van der Waals surface area contributed by atoms with Crippen LogP contribution in [-0.4, -0.2) is 25.6 Å². The fraction of sp³-hybridized carbons (Fsp3) is 0.0625. The molecule has 0 aliphatic carbocycles. The van der Waals surface area contributed by atoms with Gasteiger partial charge >= 0.3 is 0 Å². The van der Waals surface area contributed by atoms with Crippen molar-refractivity contribution in [3.63, 3.8) is 0 Å². The molecular weight excluding hydrogens is 333 g/mol. The molecule has 24 heavy (non-hydrogen) atoms. The molecule has 0 spiro atoms. The predicted octanol–water partition coefficient (Wildman–Crippen LogP) is 2.93. The molecule has 0 atom stereocenters. The van der Waals surface area contributed by atoms with Gasteiger partial charge in [0, 0.05) is 10.9 Å². The zero-order valence-corrected chi connectivity index (χ0v) is 13.4. The Balaban J connectivity index is 1.90. The lowest BCUT2D eigenvalue weighted by molar-refractivity contribution is 0.102. The Bertz CT molecular complexity index is 1030. The molecular formula is C16H14FN3O3S. The molecule has 1 amide bonds. The van der Waals surface area contributed by atoms with Gasteiger partial charge in [0.1, 0.15) is 11.5 Å². The number of carbonyl (C=O) groups is 1. The summed E-state index contributed by atoms with van der Waals surface area (Å²) in [7, 11) is -3.48. The van der Waals surface area contributed by atoms with Crippen LogP contribution >= 0.6 is 0 Å². The van der Waals surface area contributed by atoms with E-state index < -0.39 is 21.7 Å². The maximum atomic E-state index is 13.7. The minimum Gasteiger partial charge on any atom is -0.350 e. The Morgan fingerprint density at radius 1 is 1.08 bits per heavy atom. The Morgan fingerprint density at radius 3 is 2.46 bits per heavy atom. The molecule has 6 nitrogen and oxygen atoms in total. The average Bonchev–Trinajstić information content (AvgIpc) is 2.93. The van der Waals surface area contributed by atoms with E-state index in [1.165, 1.54) is 18.2 Å². The normalized spacial score (nSPS) is 11.4. The lowest BCUT2D eigenvalue weighted by atomic mass is 10.2. The van der Waals surface area contributed by atoms with Crippen molar-refractivity contribution in [1.82, 2.24) is 4.98 Å². The van der Waals surface area contributed by atoms with Gasteiger partial charge in [-0.15, -0.1) is 0 Å². The molecule has 1 aromatic heterocycles. The number of carbonyl (C=O) groups excluding carboxylic acids is 1. The van der Waals surface area contributed by atoms with Crippen LogP contribution in [0.2, 0.25) is 0 Å². The summed E-state index contributed by atoms with van der Waals surface area (Å²) in [4.78, 5) is 15.2. The number of nitrogens with one attached hydrogen (secondary N) is 3. The Labute approximate surface area is 137 Å². The Kier molecular flexibility index (Phi) is 3.98. The van der Waals surface area contributed by atoms with Crippen LogP contribution in [-0.2, 0) is 10.0 Å². The quantitative estimate of drug-likeness (QED) is 0.678. The van der Waals surface area contributed by atoms with E-state index in [-0.39, 0.29) is 11.4 Å². The van der Waals surface area contributed by atoms with Gasteiger partial charge in [0.05, 0.1) is 17.6 Å². The van der Waals surface area contributed by atoms with E-state index in [4.69, 9.17) is 0 Å². The molecule has 0 saturated carbocycles. The molecule has 0 fully saturated rings. The zero-order chi connectivity index (χ0) is 17.3. The second-order valence-corrected chi connectivity index (χ2v) is 7.01. The Morgan fingerprint density at radius 2 is 1.79 bits per heavy atom. The second-order valence-electron chi connectivity index (χ2n) is 5.26. The highest BCUT2D eigenvalue weighted by Crippen LogP contribution is 2.24. The minimum atomic E-state index is -3.48. The van der Waals surface area contributed by atoms with Crippen molar-refractivity contribution in [2.75, 3.05) is 16.3 Å². The number of sulfonamides is 1. The van der Waals surface area contributed by atoms with Crippen LogP contribution in [0.4, 0.5) is 15.8 Å². The highest BCUT2D eigenvalue weighted by molar-refractivity contribution is 7.92. The molecule has 124 valence electrons. The highest BCUT2D eigenvalue weighted by atomic mass is 32.2. The van der Waals surface area contributed by atoms with Crippen LogP contribution in [0.15, 0.2) is 48.5 Å². The number of anilines is 2. The van der Waals surface area contributed by atoms with Crippen LogP contribution < -0.4 is 10.0 Å². The van der Waals surface area contributed by atoms with E-state index in [2.05, 4.69) is 15.0 Å². The monoisotopic (exact) mass is 347 g/mol. The number of aromatic nitrogens is 1. The van der Waals surface area contributed by atoms with Gasteiger partial charge in [0.2, 0.25) is 10.0 Å². The predicted molar refractivity (Wildman–Crippen MR) is 91.1 cm³/mol. The van der Waals surface area contributed by atoms with Crippen LogP contribution in [0.25, 0.3) is 10.9 Å². The molecule has 3 rings (SSSR count). The molecule has 0 aliphatic heterocycles. The average molecular weight is 347 g/mol. The first-order valence-corrected chi connectivity index (χ1v) is 8.88. The summed E-state index contributed by atoms with van der Waals surface area (Å²) in [6.45, 7) is 0. The van der Waals surface area contributed by atoms with Gasteiger partial charge in [0.15, 0.2) is 0 Å². The summed E-state index contributed by atoms with van der Waals surface area (Å²) in [5, 5.41) is 2.92. The van der Waals surface area contributed by atoms with Crippen molar-refractivity contribution < 1.29 is 17.6 Å². The largest absolute Gasteiger partial charge is 0.350 e. The van der Waals surface area contributed by atoms with Crippen molar-refractivity contribution in [2.24, 2.45) is 0 Å². The summed E-state index contributed by atoms with van der Waals surface area (Å²) in [6.07, 6.45) is 1.02. The number of hydrogen-bond donors (Lipinski definition) is 3. The number of rotatable bonds is 4. The van der Waals surface area contributed by atoms with Gasteiger partial charge in [0.25, 0.3) is 5.91 Å².